The number of nitrogens with one attached hydrogen (secondary N) is 1. The maximum atomic E-state index is 13.7. The summed E-state index contributed by atoms with van der Waals surface area (Å²) in [5.41, 5.74) is 0.744. The van der Waals surface area contributed by atoms with Gasteiger partial charge in [-0.15, -0.1) is 10.2 Å². The van der Waals surface area contributed by atoms with Gasteiger partial charge in [0.1, 0.15) is 17.4 Å². The van der Waals surface area contributed by atoms with Crippen molar-refractivity contribution in [3.8, 4) is 17.1 Å². The third-order valence-electron chi connectivity index (χ3n) is 4.00. The largest absolute Gasteiger partial charge is 0.493 e. The van der Waals surface area contributed by atoms with Crippen LogP contribution in [-0.2, 0) is 11.3 Å². The van der Waals surface area contributed by atoms with Gasteiger partial charge in [0.05, 0.1) is 23.6 Å². The molecular formula is C20H20F2N4O2S. The molecule has 152 valence electrons. The summed E-state index contributed by atoms with van der Waals surface area (Å²) in [6.07, 6.45) is 0. The van der Waals surface area contributed by atoms with Crippen molar-refractivity contribution in [2.24, 2.45) is 0 Å². The number of nitrogens with zero attached hydrogens (tertiary/aromatic N) is 3. The van der Waals surface area contributed by atoms with Crippen LogP contribution in [0.5, 0.6) is 5.75 Å². The fraction of sp³-hybridized carbons (Fsp3) is 0.250. The zero-order chi connectivity index (χ0) is 20.8. The summed E-state index contributed by atoms with van der Waals surface area (Å²) >= 11 is 1.18. The van der Waals surface area contributed by atoms with Gasteiger partial charge in [0.25, 0.3) is 0 Å². The monoisotopic (exact) mass is 418 g/mol. The Kier molecular flexibility index (Phi) is 6.82. The molecular weight excluding hydrogens is 398 g/mol. The molecule has 29 heavy (non-hydrogen) atoms. The van der Waals surface area contributed by atoms with E-state index in [1.54, 1.807) is 0 Å². The van der Waals surface area contributed by atoms with Crippen LogP contribution in [0, 0.1) is 11.6 Å². The molecule has 3 aromatic rings. The number of carbonyl (C=O) groups is 1. The molecule has 0 atom stereocenters. The second kappa shape index (κ2) is 9.51. The van der Waals surface area contributed by atoms with Crippen LogP contribution in [0.2, 0.25) is 0 Å². The second-order valence-electron chi connectivity index (χ2n) is 5.94. The number of carbonyl (C=O) groups excluding carboxylic acids is 1. The quantitative estimate of drug-likeness (QED) is 0.550. The van der Waals surface area contributed by atoms with Gasteiger partial charge in [-0.2, -0.15) is 0 Å². The molecule has 9 heteroatoms. The maximum absolute atomic E-state index is 13.7. The summed E-state index contributed by atoms with van der Waals surface area (Å²) in [4.78, 5) is 12.2. The van der Waals surface area contributed by atoms with Gasteiger partial charge in [-0.25, -0.2) is 8.78 Å². The minimum atomic E-state index is -0.824. The van der Waals surface area contributed by atoms with Gasteiger partial charge in [-0.05, 0) is 38.1 Å². The number of rotatable bonds is 8. The van der Waals surface area contributed by atoms with E-state index in [4.69, 9.17) is 4.74 Å². The summed E-state index contributed by atoms with van der Waals surface area (Å²) in [5, 5.41) is 11.4. The van der Waals surface area contributed by atoms with Crippen molar-refractivity contribution in [1.29, 1.82) is 0 Å². The van der Waals surface area contributed by atoms with Crippen LogP contribution in [0.3, 0.4) is 0 Å². The Hall–Kier alpha value is -2.94. The minimum absolute atomic E-state index is 0.00204. The fourth-order valence-electron chi connectivity index (χ4n) is 2.72. The summed E-state index contributed by atoms with van der Waals surface area (Å²) in [6, 6.07) is 10.5. The lowest BCUT2D eigenvalue weighted by molar-refractivity contribution is -0.113. The first kappa shape index (κ1) is 20.8. The molecule has 0 fully saturated rings. The Morgan fingerprint density at radius 3 is 2.69 bits per heavy atom. The van der Waals surface area contributed by atoms with E-state index in [0.717, 1.165) is 17.7 Å². The molecule has 1 amide bonds. The lowest BCUT2D eigenvalue weighted by Gasteiger charge is -2.11. The van der Waals surface area contributed by atoms with E-state index in [0.29, 0.717) is 29.9 Å². The van der Waals surface area contributed by atoms with E-state index in [-0.39, 0.29) is 11.4 Å². The highest BCUT2D eigenvalue weighted by molar-refractivity contribution is 7.99. The molecule has 0 aliphatic carbocycles. The lowest BCUT2D eigenvalue weighted by atomic mass is 10.2. The number of ether oxygens (including phenoxy) is 1. The van der Waals surface area contributed by atoms with Crippen LogP contribution in [0.15, 0.2) is 47.6 Å². The molecule has 0 spiro atoms. The molecule has 0 saturated heterocycles. The Morgan fingerprint density at radius 1 is 1.17 bits per heavy atom. The van der Waals surface area contributed by atoms with Gasteiger partial charge in [0, 0.05) is 12.6 Å². The number of halogens is 2. The number of benzene rings is 2. The van der Waals surface area contributed by atoms with Crippen molar-refractivity contribution in [3.05, 3.63) is 54.1 Å². The smallest absolute Gasteiger partial charge is 0.234 e. The van der Waals surface area contributed by atoms with Crippen LogP contribution in [0.4, 0.5) is 14.5 Å². The van der Waals surface area contributed by atoms with Gasteiger partial charge in [0.2, 0.25) is 5.91 Å². The first-order valence-electron chi connectivity index (χ1n) is 9.06. The number of thioether (sulfide) groups is 1. The first-order valence-corrected chi connectivity index (χ1v) is 10.0. The normalized spacial score (nSPS) is 10.8. The SMILES string of the molecule is CCOc1ccccc1-c1nnc(SCC(=O)Nc2ccc(F)cc2F)n1CC. The predicted octanol–water partition coefficient (Wildman–Crippen LogP) is 4.37. The standard InChI is InChI=1S/C20H20F2N4O2S/c1-3-26-19(14-7-5-6-8-17(14)28-4-2)24-25-20(26)29-12-18(27)23-16-10-9-13(21)11-15(16)22/h5-11H,3-4,12H2,1-2H3,(H,23,27). The van der Waals surface area contributed by atoms with Crippen molar-refractivity contribution in [2.75, 3.05) is 17.7 Å². The molecule has 1 aromatic heterocycles. The zero-order valence-electron chi connectivity index (χ0n) is 16.0. The van der Waals surface area contributed by atoms with E-state index in [2.05, 4.69) is 15.5 Å². The highest BCUT2D eigenvalue weighted by atomic mass is 32.2. The molecule has 0 aliphatic heterocycles. The molecule has 0 radical (unpaired) electrons. The fourth-order valence-corrected chi connectivity index (χ4v) is 3.52. The van der Waals surface area contributed by atoms with Crippen LogP contribution in [0.1, 0.15) is 13.8 Å². The highest BCUT2D eigenvalue weighted by Crippen LogP contribution is 2.31. The number of aromatic nitrogens is 3. The number of hydrogen-bond acceptors (Lipinski definition) is 5. The van der Waals surface area contributed by atoms with E-state index in [1.807, 2.05) is 42.7 Å². The van der Waals surface area contributed by atoms with Crippen molar-refractivity contribution in [1.82, 2.24) is 14.8 Å². The first-order chi connectivity index (χ1) is 14.0. The topological polar surface area (TPSA) is 69.0 Å². The number of hydrogen-bond donors (Lipinski definition) is 1. The molecule has 6 nitrogen and oxygen atoms in total. The summed E-state index contributed by atoms with van der Waals surface area (Å²) in [6.45, 7) is 4.98. The predicted molar refractivity (Wildman–Crippen MR) is 108 cm³/mol. The summed E-state index contributed by atoms with van der Waals surface area (Å²) in [5.74, 6) is -0.604. The molecule has 2 aromatic carbocycles. The van der Waals surface area contributed by atoms with Crippen LogP contribution in [-0.4, -0.2) is 33.0 Å². The average molecular weight is 418 g/mol. The van der Waals surface area contributed by atoms with Crippen LogP contribution < -0.4 is 10.1 Å². The molecule has 0 saturated carbocycles. The Bertz CT molecular complexity index is 1010. The maximum Gasteiger partial charge on any atom is 0.234 e. The molecule has 1 heterocycles. The van der Waals surface area contributed by atoms with Gasteiger partial charge in [-0.3, -0.25) is 4.79 Å². The van der Waals surface area contributed by atoms with E-state index in [9.17, 15) is 13.6 Å². The minimum Gasteiger partial charge on any atom is -0.493 e. The van der Waals surface area contributed by atoms with E-state index >= 15 is 0 Å². The van der Waals surface area contributed by atoms with Crippen LogP contribution in [0.25, 0.3) is 11.4 Å². The van der Waals surface area contributed by atoms with Gasteiger partial charge < -0.3 is 14.6 Å². The van der Waals surface area contributed by atoms with Crippen LogP contribution >= 0.6 is 11.8 Å². The Balaban J connectivity index is 1.73. The molecule has 0 bridgehead atoms. The van der Waals surface area contributed by atoms with Gasteiger partial charge in [0.15, 0.2) is 11.0 Å². The molecule has 0 unspecified atom stereocenters. The lowest BCUT2D eigenvalue weighted by Crippen LogP contribution is -2.15. The third kappa shape index (κ3) is 4.92. The third-order valence-corrected chi connectivity index (χ3v) is 4.97. The van der Waals surface area contributed by atoms with Gasteiger partial charge >= 0.3 is 0 Å². The second-order valence-corrected chi connectivity index (χ2v) is 6.88. The summed E-state index contributed by atoms with van der Waals surface area (Å²) in [7, 11) is 0. The van der Waals surface area contributed by atoms with E-state index < -0.39 is 17.5 Å². The Morgan fingerprint density at radius 2 is 1.97 bits per heavy atom. The van der Waals surface area contributed by atoms with Crippen molar-refractivity contribution in [2.45, 2.75) is 25.5 Å². The van der Waals surface area contributed by atoms with Crippen molar-refractivity contribution < 1.29 is 18.3 Å². The van der Waals surface area contributed by atoms with Gasteiger partial charge in [-0.1, -0.05) is 23.9 Å². The summed E-state index contributed by atoms with van der Waals surface area (Å²) < 4.78 is 34.2. The molecule has 0 aliphatic rings. The van der Waals surface area contributed by atoms with Crippen molar-refractivity contribution >= 4 is 23.4 Å². The number of amides is 1. The zero-order valence-corrected chi connectivity index (χ0v) is 16.8. The average Bonchev–Trinajstić information content (AvgIpc) is 3.12. The Labute approximate surface area is 171 Å². The van der Waals surface area contributed by atoms with E-state index in [1.165, 1.54) is 17.8 Å². The molecule has 3 rings (SSSR count). The number of para-hydroxylation sites is 1. The highest BCUT2D eigenvalue weighted by Gasteiger charge is 2.18. The number of anilines is 1. The van der Waals surface area contributed by atoms with Crippen molar-refractivity contribution in [3.63, 3.8) is 0 Å². The molecule has 1 N–H and O–H groups in total.